The second-order valence-corrected chi connectivity index (χ2v) is 12.0. The summed E-state index contributed by atoms with van der Waals surface area (Å²) in [5, 5.41) is 10.3. The molecular formula is C31H37F5N4O. The van der Waals surface area contributed by atoms with Gasteiger partial charge in [0.05, 0.1) is 19.3 Å². The minimum atomic E-state index is -3.44. The van der Waals surface area contributed by atoms with E-state index in [2.05, 4.69) is 14.8 Å². The van der Waals surface area contributed by atoms with Crippen LogP contribution in [0.3, 0.4) is 0 Å². The highest BCUT2D eigenvalue weighted by Gasteiger charge is 2.44. The summed E-state index contributed by atoms with van der Waals surface area (Å²) in [6.45, 7) is 2.11. The number of aromatic nitrogens is 1. The topological polar surface area (TPSA) is 45.7 Å². The molecule has 0 spiro atoms. The summed E-state index contributed by atoms with van der Waals surface area (Å²) in [4.78, 5) is 8.98. The molecule has 6 rings (SSSR count). The predicted molar refractivity (Wildman–Crippen MR) is 149 cm³/mol. The lowest BCUT2D eigenvalue weighted by Crippen LogP contribution is -2.49. The van der Waals surface area contributed by atoms with Crippen LogP contribution in [-0.2, 0) is 6.42 Å². The van der Waals surface area contributed by atoms with E-state index in [1.807, 2.05) is 24.3 Å². The van der Waals surface area contributed by atoms with Crippen LogP contribution >= 0.6 is 0 Å². The number of benzene rings is 2. The summed E-state index contributed by atoms with van der Waals surface area (Å²) in [5.74, 6) is -4.66. The molecule has 0 aliphatic carbocycles. The molecule has 0 radical (unpaired) electrons. The van der Waals surface area contributed by atoms with Gasteiger partial charge in [0.1, 0.15) is 18.2 Å². The van der Waals surface area contributed by atoms with E-state index in [-0.39, 0.29) is 18.3 Å². The number of likely N-dealkylation sites (tertiary alicyclic amines) is 1. The maximum Gasteiger partial charge on any atom is 0.283 e. The Kier molecular flexibility index (Phi) is 7.76. The van der Waals surface area contributed by atoms with Crippen molar-refractivity contribution in [1.82, 2.24) is 14.8 Å². The Bertz CT molecular complexity index is 1370. The lowest BCUT2D eigenvalue weighted by Gasteiger charge is -2.43. The number of hydrogen-bond acceptors (Lipinski definition) is 4. The van der Waals surface area contributed by atoms with Gasteiger partial charge < -0.3 is 19.9 Å². The van der Waals surface area contributed by atoms with Gasteiger partial charge >= 0.3 is 0 Å². The second-order valence-electron chi connectivity index (χ2n) is 12.0. The number of halogens is 5. The average Bonchev–Trinajstić information content (AvgIpc) is 3.54. The molecule has 10 heteroatoms. The minimum absolute atomic E-state index is 0.0859. The number of aromatic amines is 1. The van der Waals surface area contributed by atoms with Gasteiger partial charge in [-0.2, -0.15) is 0 Å². The molecule has 0 amide bonds. The van der Waals surface area contributed by atoms with Crippen LogP contribution in [-0.4, -0.2) is 83.9 Å². The van der Waals surface area contributed by atoms with E-state index in [0.29, 0.717) is 43.2 Å². The highest BCUT2D eigenvalue weighted by molar-refractivity contribution is 5.85. The van der Waals surface area contributed by atoms with Crippen LogP contribution in [0.25, 0.3) is 10.9 Å². The highest BCUT2D eigenvalue weighted by atomic mass is 19.3. The fourth-order valence-electron chi connectivity index (χ4n) is 7.43. The molecule has 222 valence electrons. The first-order chi connectivity index (χ1) is 19.7. The molecule has 3 aliphatic rings. The normalized spacial score (nSPS) is 25.6. The summed E-state index contributed by atoms with van der Waals surface area (Å²) in [6.07, 6.45) is 2.81. The van der Waals surface area contributed by atoms with Crippen molar-refractivity contribution in [3.8, 4) is 0 Å². The third kappa shape index (κ3) is 5.23. The van der Waals surface area contributed by atoms with Crippen LogP contribution in [0.1, 0.15) is 49.0 Å². The number of anilines is 1. The zero-order valence-electron chi connectivity index (χ0n) is 23.2. The molecule has 2 fully saturated rings. The number of fused-ring (bicyclic) bond motifs is 4. The van der Waals surface area contributed by atoms with Crippen LogP contribution < -0.4 is 4.90 Å². The third-order valence-corrected chi connectivity index (χ3v) is 9.30. The quantitative estimate of drug-likeness (QED) is 0.340. The Hall–Kier alpha value is -2.69. The standard InChI is InChI=1S/C31H37F5N4O/c1-19-12-23-22-7-2-3-8-26(22)37-29(23)30(40(19)17-31(35,36)18-41)28-24(33)13-21(14-25(28)34)39-11-4-6-20-15-38(10-5-9-32)16-27(20)39/h2-3,7-8,13-14,19-20,27,30,37,41H,4-6,9-12,15-18H2,1H3/t19-,20-,27+,30-/m1/s1. The first-order valence-electron chi connectivity index (χ1n) is 14.6. The Labute approximate surface area is 236 Å². The smallest absolute Gasteiger partial charge is 0.283 e. The molecule has 3 aliphatic heterocycles. The molecule has 0 unspecified atom stereocenters. The van der Waals surface area contributed by atoms with E-state index in [0.717, 1.165) is 42.4 Å². The Morgan fingerprint density at radius 3 is 2.59 bits per heavy atom. The van der Waals surface area contributed by atoms with Gasteiger partial charge in [0.15, 0.2) is 0 Å². The molecule has 4 atom stereocenters. The molecule has 41 heavy (non-hydrogen) atoms. The number of aliphatic hydroxyl groups is 1. The fourth-order valence-corrected chi connectivity index (χ4v) is 7.43. The lowest BCUT2D eigenvalue weighted by molar-refractivity contribution is -0.0869. The van der Waals surface area contributed by atoms with Gasteiger partial charge in [-0.05, 0) is 62.3 Å². The predicted octanol–water partition coefficient (Wildman–Crippen LogP) is 5.67. The number of hydrogen-bond donors (Lipinski definition) is 2. The van der Waals surface area contributed by atoms with Gasteiger partial charge in [-0.15, -0.1) is 0 Å². The molecule has 1 aromatic heterocycles. The van der Waals surface area contributed by atoms with Crippen LogP contribution in [0.2, 0.25) is 0 Å². The van der Waals surface area contributed by atoms with Gasteiger partial charge in [0.25, 0.3) is 5.92 Å². The summed E-state index contributed by atoms with van der Waals surface area (Å²) in [7, 11) is 0. The monoisotopic (exact) mass is 576 g/mol. The first-order valence-corrected chi connectivity index (χ1v) is 14.6. The highest BCUT2D eigenvalue weighted by Crippen LogP contribution is 2.44. The van der Waals surface area contributed by atoms with Gasteiger partial charge in [-0.25, -0.2) is 17.6 Å². The van der Waals surface area contributed by atoms with E-state index in [4.69, 9.17) is 0 Å². The van der Waals surface area contributed by atoms with Crippen molar-refractivity contribution in [2.24, 2.45) is 5.92 Å². The van der Waals surface area contributed by atoms with E-state index < -0.39 is 42.8 Å². The third-order valence-electron chi connectivity index (χ3n) is 9.30. The van der Waals surface area contributed by atoms with E-state index in [1.165, 1.54) is 17.0 Å². The van der Waals surface area contributed by atoms with E-state index in [9.17, 15) is 18.3 Å². The molecule has 2 N–H and O–H groups in total. The Morgan fingerprint density at radius 1 is 1.10 bits per heavy atom. The van der Waals surface area contributed by atoms with Crippen molar-refractivity contribution in [3.05, 3.63) is 64.9 Å². The molecule has 4 heterocycles. The van der Waals surface area contributed by atoms with Crippen LogP contribution in [0.4, 0.5) is 27.6 Å². The van der Waals surface area contributed by atoms with Crippen molar-refractivity contribution in [1.29, 1.82) is 0 Å². The second kappa shape index (κ2) is 11.2. The average molecular weight is 577 g/mol. The zero-order chi connectivity index (χ0) is 28.9. The number of H-pyrrole nitrogens is 1. The van der Waals surface area contributed by atoms with Gasteiger partial charge in [-0.3, -0.25) is 9.29 Å². The number of aliphatic hydroxyl groups excluding tert-OH is 1. The first kappa shape index (κ1) is 28.4. The van der Waals surface area contributed by atoms with E-state index in [1.54, 1.807) is 6.92 Å². The number of nitrogens with zero attached hydrogens (tertiary/aromatic N) is 3. The summed E-state index contributed by atoms with van der Waals surface area (Å²) in [5.41, 5.74) is 2.31. The molecule has 5 nitrogen and oxygen atoms in total. The van der Waals surface area contributed by atoms with Crippen molar-refractivity contribution in [2.75, 3.05) is 50.9 Å². The van der Waals surface area contributed by atoms with Crippen molar-refractivity contribution >= 4 is 16.6 Å². The number of alkyl halides is 3. The minimum Gasteiger partial charge on any atom is -0.390 e. The molecule has 2 aromatic carbocycles. The maximum absolute atomic E-state index is 16.2. The number of rotatable bonds is 8. The van der Waals surface area contributed by atoms with Crippen LogP contribution in [0.5, 0.6) is 0 Å². The van der Waals surface area contributed by atoms with Crippen LogP contribution in [0.15, 0.2) is 36.4 Å². The maximum atomic E-state index is 16.2. The number of piperidine rings is 1. The SMILES string of the molecule is C[C@@H]1Cc2c([nH]c3ccccc23)[C@@H](c2c(F)cc(N3CCC[C@@H]4CN(CCCF)C[C@@H]43)cc2F)N1CC(F)(F)CO. The van der Waals surface area contributed by atoms with Gasteiger partial charge in [0.2, 0.25) is 0 Å². The lowest BCUT2D eigenvalue weighted by atomic mass is 9.87. The van der Waals surface area contributed by atoms with E-state index >= 15 is 8.78 Å². The van der Waals surface area contributed by atoms with Gasteiger partial charge in [0, 0.05) is 66.1 Å². The Balaban J connectivity index is 1.40. The number of nitrogens with one attached hydrogen (secondary N) is 1. The fraction of sp³-hybridized carbons (Fsp3) is 0.548. The molecule has 3 aromatic rings. The molecule has 2 saturated heterocycles. The summed E-state index contributed by atoms with van der Waals surface area (Å²) in [6, 6.07) is 8.71. The largest absolute Gasteiger partial charge is 0.390 e. The number of para-hydroxylation sites is 1. The van der Waals surface area contributed by atoms with Crippen molar-refractivity contribution in [2.45, 2.75) is 56.7 Å². The zero-order valence-corrected chi connectivity index (χ0v) is 23.2. The Morgan fingerprint density at radius 2 is 1.85 bits per heavy atom. The van der Waals surface area contributed by atoms with Crippen molar-refractivity contribution < 1.29 is 27.1 Å². The van der Waals surface area contributed by atoms with Gasteiger partial charge in [-0.1, -0.05) is 18.2 Å². The molecule has 0 saturated carbocycles. The van der Waals surface area contributed by atoms with Crippen molar-refractivity contribution in [3.63, 3.8) is 0 Å². The molecular weight excluding hydrogens is 539 g/mol. The summed E-state index contributed by atoms with van der Waals surface area (Å²) < 4.78 is 74.4. The van der Waals surface area contributed by atoms with Crippen LogP contribution in [0, 0.1) is 17.6 Å². The molecule has 0 bridgehead atoms. The summed E-state index contributed by atoms with van der Waals surface area (Å²) >= 11 is 0.